The maximum atomic E-state index is 12.4. The van der Waals surface area contributed by atoms with E-state index in [-0.39, 0.29) is 34.6 Å². The zero-order valence-electron chi connectivity index (χ0n) is 17.0. The van der Waals surface area contributed by atoms with Gasteiger partial charge in [-0.25, -0.2) is 0 Å². The van der Waals surface area contributed by atoms with Crippen molar-refractivity contribution in [3.8, 4) is 0 Å². The number of carbonyl (C=O) groups is 2. The molecule has 0 bridgehead atoms. The molecule has 0 aliphatic carbocycles. The molecule has 10 heteroatoms. The number of non-ortho nitro benzene ring substituents is 1. The van der Waals surface area contributed by atoms with Crippen LogP contribution in [-0.2, 0) is 9.59 Å². The van der Waals surface area contributed by atoms with Gasteiger partial charge in [0.1, 0.15) is 0 Å². The number of carbonyl (C=O) groups excluding carboxylic acids is 2. The van der Waals surface area contributed by atoms with Crippen molar-refractivity contribution in [3.05, 3.63) is 33.3 Å². The molecule has 1 aromatic carbocycles. The molecule has 2 amide bonds. The molecule has 0 aromatic heterocycles. The van der Waals surface area contributed by atoms with Crippen molar-refractivity contribution in [2.45, 2.75) is 32.7 Å². The van der Waals surface area contributed by atoms with Gasteiger partial charge in [-0.2, -0.15) is 0 Å². The van der Waals surface area contributed by atoms with Crippen molar-refractivity contribution in [3.63, 3.8) is 0 Å². The SMILES string of the molecule is CC(C)(C)NC(=O)CN1CCCN(CC(=O)Nc2ccc([N+](=O)[O-])cc2Cl)CC1. The lowest BCUT2D eigenvalue weighted by Gasteiger charge is -2.25. The third-order valence-corrected chi connectivity index (χ3v) is 4.68. The van der Waals surface area contributed by atoms with Crippen molar-refractivity contribution in [2.24, 2.45) is 0 Å². The maximum absolute atomic E-state index is 12.4. The molecule has 1 heterocycles. The molecule has 1 fully saturated rings. The van der Waals surface area contributed by atoms with Crippen LogP contribution in [0.1, 0.15) is 27.2 Å². The Hall–Kier alpha value is -2.23. The van der Waals surface area contributed by atoms with E-state index in [1.54, 1.807) is 0 Å². The van der Waals surface area contributed by atoms with Crippen molar-refractivity contribution in [2.75, 3.05) is 44.6 Å². The van der Waals surface area contributed by atoms with E-state index >= 15 is 0 Å². The fourth-order valence-electron chi connectivity index (χ4n) is 3.11. The first-order valence-electron chi connectivity index (χ1n) is 9.53. The first kappa shape index (κ1) is 23.1. The molecule has 160 valence electrons. The van der Waals surface area contributed by atoms with Crippen molar-refractivity contribution in [1.82, 2.24) is 15.1 Å². The molecule has 0 spiro atoms. The number of anilines is 1. The minimum atomic E-state index is -0.539. The molecular weight excluding hydrogens is 398 g/mol. The number of rotatable bonds is 6. The Morgan fingerprint density at radius 3 is 2.21 bits per heavy atom. The number of amides is 2. The summed E-state index contributed by atoms with van der Waals surface area (Å²) < 4.78 is 0. The van der Waals surface area contributed by atoms with E-state index in [9.17, 15) is 19.7 Å². The summed E-state index contributed by atoms with van der Waals surface area (Å²) in [7, 11) is 0. The van der Waals surface area contributed by atoms with Crippen LogP contribution in [0.15, 0.2) is 18.2 Å². The fourth-order valence-corrected chi connectivity index (χ4v) is 3.34. The van der Waals surface area contributed by atoms with Crippen LogP contribution in [0.25, 0.3) is 0 Å². The Morgan fingerprint density at radius 2 is 1.69 bits per heavy atom. The van der Waals surface area contributed by atoms with E-state index in [1.807, 2.05) is 25.7 Å². The number of nitro groups is 1. The third kappa shape index (κ3) is 7.96. The number of nitrogens with one attached hydrogen (secondary N) is 2. The summed E-state index contributed by atoms with van der Waals surface area (Å²) in [5.41, 5.74) is -0.0414. The van der Waals surface area contributed by atoms with Crippen LogP contribution in [0.3, 0.4) is 0 Å². The summed E-state index contributed by atoms with van der Waals surface area (Å²) >= 11 is 6.02. The zero-order chi connectivity index (χ0) is 21.6. The Morgan fingerprint density at radius 1 is 1.10 bits per heavy atom. The van der Waals surface area contributed by atoms with E-state index in [0.29, 0.717) is 25.3 Å². The van der Waals surface area contributed by atoms with Gasteiger partial charge in [0.2, 0.25) is 11.8 Å². The molecule has 0 saturated carbocycles. The van der Waals surface area contributed by atoms with Gasteiger partial charge >= 0.3 is 0 Å². The van der Waals surface area contributed by atoms with Gasteiger partial charge in [-0.05, 0) is 46.3 Å². The van der Waals surface area contributed by atoms with Crippen molar-refractivity contribution < 1.29 is 14.5 Å². The number of benzene rings is 1. The van der Waals surface area contributed by atoms with Crippen LogP contribution in [0, 0.1) is 10.1 Å². The van der Waals surface area contributed by atoms with Crippen molar-refractivity contribution >= 4 is 34.8 Å². The molecular formula is C19H28ClN5O4. The molecule has 1 saturated heterocycles. The fraction of sp³-hybridized carbons (Fsp3) is 0.579. The molecule has 1 aliphatic rings. The first-order valence-corrected chi connectivity index (χ1v) is 9.91. The second-order valence-electron chi connectivity index (χ2n) is 8.17. The topological polar surface area (TPSA) is 108 Å². The van der Waals surface area contributed by atoms with Gasteiger partial charge in [0.15, 0.2) is 0 Å². The van der Waals surface area contributed by atoms with Crippen LogP contribution in [0.5, 0.6) is 0 Å². The van der Waals surface area contributed by atoms with Gasteiger partial charge in [0, 0.05) is 30.8 Å². The summed E-state index contributed by atoms with van der Waals surface area (Å²) in [5, 5.41) is 16.6. The Balaban J connectivity index is 1.83. The van der Waals surface area contributed by atoms with E-state index in [0.717, 1.165) is 19.5 Å². The van der Waals surface area contributed by atoms with Crippen molar-refractivity contribution in [1.29, 1.82) is 0 Å². The normalized spacial score (nSPS) is 16.1. The van der Waals surface area contributed by atoms with Gasteiger partial charge in [0.05, 0.1) is 28.7 Å². The molecule has 2 N–H and O–H groups in total. The molecule has 0 atom stereocenters. The maximum Gasteiger partial charge on any atom is 0.271 e. The largest absolute Gasteiger partial charge is 0.350 e. The number of nitrogens with zero attached hydrogens (tertiary/aromatic N) is 3. The summed E-state index contributed by atoms with van der Waals surface area (Å²) in [4.78, 5) is 38.8. The molecule has 29 heavy (non-hydrogen) atoms. The van der Waals surface area contributed by atoms with Gasteiger partial charge in [-0.1, -0.05) is 11.6 Å². The van der Waals surface area contributed by atoms with Gasteiger partial charge in [-0.15, -0.1) is 0 Å². The second-order valence-corrected chi connectivity index (χ2v) is 8.58. The van der Waals surface area contributed by atoms with Gasteiger partial charge in [0.25, 0.3) is 5.69 Å². The highest BCUT2D eigenvalue weighted by atomic mass is 35.5. The highest BCUT2D eigenvalue weighted by molar-refractivity contribution is 6.34. The highest BCUT2D eigenvalue weighted by Gasteiger charge is 2.21. The molecule has 1 aromatic rings. The minimum absolute atomic E-state index is 0.00324. The lowest BCUT2D eigenvalue weighted by Crippen LogP contribution is -2.46. The van der Waals surface area contributed by atoms with Crippen LogP contribution >= 0.6 is 11.6 Å². The quantitative estimate of drug-likeness (QED) is 0.533. The summed E-state index contributed by atoms with van der Waals surface area (Å²) in [6.07, 6.45) is 0.856. The van der Waals surface area contributed by atoms with Crippen LogP contribution in [0.2, 0.25) is 5.02 Å². The number of nitro benzene ring substituents is 1. The monoisotopic (exact) mass is 425 g/mol. The number of hydrogen-bond donors (Lipinski definition) is 2. The second kappa shape index (κ2) is 10.00. The number of hydrogen-bond acceptors (Lipinski definition) is 6. The lowest BCUT2D eigenvalue weighted by molar-refractivity contribution is -0.384. The summed E-state index contributed by atoms with van der Waals surface area (Å²) in [6, 6.07) is 3.94. The van der Waals surface area contributed by atoms with E-state index in [1.165, 1.54) is 18.2 Å². The summed E-state index contributed by atoms with van der Waals surface area (Å²) in [6.45, 7) is 9.29. The average molecular weight is 426 g/mol. The number of halogens is 1. The van der Waals surface area contributed by atoms with E-state index < -0.39 is 4.92 Å². The lowest BCUT2D eigenvalue weighted by atomic mass is 10.1. The zero-order valence-corrected chi connectivity index (χ0v) is 17.8. The standard InChI is InChI=1S/C19H28ClN5O4/c1-19(2,3)22-18(27)13-24-8-4-7-23(9-10-24)12-17(26)21-16-6-5-14(25(28)29)11-15(16)20/h5-6,11H,4,7-10,12-13H2,1-3H3,(H,21,26)(H,22,27). The Kier molecular flexibility index (Phi) is 7.95. The smallest absolute Gasteiger partial charge is 0.271 e. The van der Waals surface area contributed by atoms with E-state index in [4.69, 9.17) is 11.6 Å². The highest BCUT2D eigenvalue weighted by Crippen LogP contribution is 2.26. The molecule has 0 radical (unpaired) electrons. The first-order chi connectivity index (χ1) is 13.5. The molecule has 0 unspecified atom stereocenters. The predicted molar refractivity (Wildman–Crippen MR) is 112 cm³/mol. The third-order valence-electron chi connectivity index (χ3n) is 4.37. The molecule has 2 rings (SSSR count). The van der Waals surface area contributed by atoms with Gasteiger partial charge in [-0.3, -0.25) is 29.5 Å². The summed E-state index contributed by atoms with van der Waals surface area (Å²) in [5.74, 6) is -0.240. The Bertz CT molecular complexity index is 765. The average Bonchev–Trinajstić information content (AvgIpc) is 2.80. The Labute approximate surface area is 175 Å². The van der Waals surface area contributed by atoms with Crippen LogP contribution in [0.4, 0.5) is 11.4 Å². The van der Waals surface area contributed by atoms with Gasteiger partial charge < -0.3 is 10.6 Å². The molecule has 9 nitrogen and oxygen atoms in total. The van der Waals surface area contributed by atoms with E-state index in [2.05, 4.69) is 15.5 Å². The predicted octanol–water partition coefficient (Wildman–Crippen LogP) is 2.11. The molecule has 1 aliphatic heterocycles. The minimum Gasteiger partial charge on any atom is -0.350 e. The van der Waals surface area contributed by atoms with Crippen LogP contribution in [-0.4, -0.2) is 71.3 Å². The van der Waals surface area contributed by atoms with Crippen LogP contribution < -0.4 is 10.6 Å².